The van der Waals surface area contributed by atoms with Crippen LogP contribution in [-0.4, -0.2) is 19.3 Å². The predicted octanol–water partition coefficient (Wildman–Crippen LogP) is 3.81. The lowest BCUT2D eigenvalue weighted by atomic mass is 10.0. The van der Waals surface area contributed by atoms with Crippen LogP contribution in [0.2, 0.25) is 0 Å². The number of benzene rings is 1. The zero-order valence-corrected chi connectivity index (χ0v) is 13.2. The Bertz CT molecular complexity index is 394. The standard InChI is InChI=1S/C14H23BrN2O/c1-5-18-8-14(9(2)3)17-13-6-10(4)12(16)7-11(13)15/h6-7,9,14,17H,5,8,16H2,1-4H3. The highest BCUT2D eigenvalue weighted by molar-refractivity contribution is 9.10. The van der Waals surface area contributed by atoms with E-state index < -0.39 is 0 Å². The minimum atomic E-state index is 0.296. The first-order valence-corrected chi connectivity index (χ1v) is 7.14. The van der Waals surface area contributed by atoms with Gasteiger partial charge in [0.15, 0.2) is 0 Å². The molecule has 1 aromatic carbocycles. The first-order valence-electron chi connectivity index (χ1n) is 6.35. The van der Waals surface area contributed by atoms with Crippen LogP contribution in [0.15, 0.2) is 16.6 Å². The van der Waals surface area contributed by atoms with Crippen LogP contribution >= 0.6 is 15.9 Å². The summed E-state index contributed by atoms with van der Waals surface area (Å²) in [6, 6.07) is 4.31. The van der Waals surface area contributed by atoms with Crippen LogP contribution < -0.4 is 11.1 Å². The van der Waals surface area contributed by atoms with E-state index in [0.717, 1.165) is 28.0 Å². The number of hydrogen-bond donors (Lipinski definition) is 2. The Kier molecular flexibility index (Phi) is 5.96. The average Bonchev–Trinajstić information content (AvgIpc) is 2.30. The van der Waals surface area contributed by atoms with Crippen LogP contribution in [0.25, 0.3) is 0 Å². The molecule has 0 fully saturated rings. The van der Waals surface area contributed by atoms with Gasteiger partial charge in [0.2, 0.25) is 0 Å². The molecule has 0 aromatic heterocycles. The molecule has 0 saturated carbocycles. The summed E-state index contributed by atoms with van der Waals surface area (Å²) >= 11 is 3.54. The summed E-state index contributed by atoms with van der Waals surface area (Å²) in [6.45, 7) is 9.86. The second-order valence-electron chi connectivity index (χ2n) is 4.84. The molecule has 1 atom stereocenters. The van der Waals surface area contributed by atoms with Crippen molar-refractivity contribution in [3.8, 4) is 0 Å². The van der Waals surface area contributed by atoms with Crippen LogP contribution in [0.1, 0.15) is 26.3 Å². The molecular formula is C14H23BrN2O. The van der Waals surface area contributed by atoms with Crippen molar-refractivity contribution in [1.29, 1.82) is 0 Å². The van der Waals surface area contributed by atoms with Crippen molar-refractivity contribution in [2.45, 2.75) is 33.7 Å². The van der Waals surface area contributed by atoms with Gasteiger partial charge in [-0.1, -0.05) is 13.8 Å². The molecule has 3 nitrogen and oxygen atoms in total. The average molecular weight is 315 g/mol. The van der Waals surface area contributed by atoms with Crippen LogP contribution in [-0.2, 0) is 4.74 Å². The molecule has 0 aliphatic heterocycles. The quantitative estimate of drug-likeness (QED) is 0.785. The lowest BCUT2D eigenvalue weighted by molar-refractivity contribution is 0.127. The Balaban J connectivity index is 2.83. The number of nitrogen functional groups attached to an aromatic ring is 1. The van der Waals surface area contributed by atoms with Crippen molar-refractivity contribution in [2.24, 2.45) is 5.92 Å². The van der Waals surface area contributed by atoms with Crippen molar-refractivity contribution < 1.29 is 4.74 Å². The summed E-state index contributed by atoms with van der Waals surface area (Å²) in [6.07, 6.45) is 0. The summed E-state index contributed by atoms with van der Waals surface area (Å²) in [4.78, 5) is 0. The van der Waals surface area contributed by atoms with E-state index in [2.05, 4.69) is 41.2 Å². The number of rotatable bonds is 6. The van der Waals surface area contributed by atoms with Gasteiger partial charge >= 0.3 is 0 Å². The van der Waals surface area contributed by atoms with Gasteiger partial charge in [-0.15, -0.1) is 0 Å². The van der Waals surface area contributed by atoms with Gasteiger partial charge in [-0.05, 0) is 53.4 Å². The monoisotopic (exact) mass is 314 g/mol. The molecule has 0 amide bonds. The van der Waals surface area contributed by atoms with E-state index in [-0.39, 0.29) is 0 Å². The molecule has 1 rings (SSSR count). The van der Waals surface area contributed by atoms with Crippen molar-refractivity contribution in [1.82, 2.24) is 0 Å². The third-order valence-corrected chi connectivity index (χ3v) is 3.66. The van der Waals surface area contributed by atoms with Gasteiger partial charge in [0.25, 0.3) is 0 Å². The number of ether oxygens (including phenoxy) is 1. The van der Waals surface area contributed by atoms with Gasteiger partial charge in [0.1, 0.15) is 0 Å². The molecule has 18 heavy (non-hydrogen) atoms. The third kappa shape index (κ3) is 4.18. The Labute approximate surface area is 118 Å². The number of halogens is 1. The molecule has 0 saturated heterocycles. The molecule has 102 valence electrons. The number of hydrogen-bond acceptors (Lipinski definition) is 3. The smallest absolute Gasteiger partial charge is 0.0670 e. The molecule has 0 spiro atoms. The molecule has 0 aliphatic rings. The highest BCUT2D eigenvalue weighted by Crippen LogP contribution is 2.29. The van der Waals surface area contributed by atoms with E-state index in [4.69, 9.17) is 10.5 Å². The van der Waals surface area contributed by atoms with E-state index >= 15 is 0 Å². The van der Waals surface area contributed by atoms with Gasteiger partial charge in [-0.25, -0.2) is 0 Å². The summed E-state index contributed by atoms with van der Waals surface area (Å²) < 4.78 is 6.51. The fourth-order valence-electron chi connectivity index (χ4n) is 1.65. The Morgan fingerprint density at radius 2 is 2.06 bits per heavy atom. The Morgan fingerprint density at radius 3 is 2.61 bits per heavy atom. The first kappa shape index (κ1) is 15.3. The molecule has 0 bridgehead atoms. The molecule has 0 aliphatic carbocycles. The summed E-state index contributed by atoms with van der Waals surface area (Å²) in [5, 5.41) is 3.52. The molecule has 3 N–H and O–H groups in total. The maximum Gasteiger partial charge on any atom is 0.0670 e. The Morgan fingerprint density at radius 1 is 1.39 bits per heavy atom. The molecule has 0 heterocycles. The first-order chi connectivity index (χ1) is 8.45. The van der Waals surface area contributed by atoms with Gasteiger partial charge in [-0.2, -0.15) is 0 Å². The van der Waals surface area contributed by atoms with Crippen LogP contribution in [0.3, 0.4) is 0 Å². The van der Waals surface area contributed by atoms with E-state index in [0.29, 0.717) is 18.6 Å². The maximum atomic E-state index is 5.88. The molecule has 0 radical (unpaired) electrons. The Hall–Kier alpha value is -0.740. The van der Waals surface area contributed by atoms with E-state index in [9.17, 15) is 0 Å². The minimum Gasteiger partial charge on any atom is -0.398 e. The van der Waals surface area contributed by atoms with Crippen LogP contribution in [0, 0.1) is 12.8 Å². The summed E-state index contributed by atoms with van der Waals surface area (Å²) in [7, 11) is 0. The second-order valence-corrected chi connectivity index (χ2v) is 5.70. The topological polar surface area (TPSA) is 47.3 Å². The fourth-order valence-corrected chi connectivity index (χ4v) is 2.13. The summed E-state index contributed by atoms with van der Waals surface area (Å²) in [5.74, 6) is 0.501. The van der Waals surface area contributed by atoms with Gasteiger partial charge < -0.3 is 15.8 Å². The van der Waals surface area contributed by atoms with E-state index in [1.165, 1.54) is 0 Å². The van der Waals surface area contributed by atoms with Crippen molar-refractivity contribution in [2.75, 3.05) is 24.3 Å². The number of aryl methyl sites for hydroxylation is 1. The van der Waals surface area contributed by atoms with Crippen LogP contribution in [0.5, 0.6) is 0 Å². The van der Waals surface area contributed by atoms with Gasteiger partial charge in [0, 0.05) is 22.5 Å². The minimum absolute atomic E-state index is 0.296. The zero-order valence-electron chi connectivity index (χ0n) is 11.6. The normalized spacial score (nSPS) is 12.8. The number of nitrogens with two attached hydrogens (primary N) is 1. The van der Waals surface area contributed by atoms with E-state index in [1.807, 2.05) is 19.9 Å². The third-order valence-electron chi connectivity index (χ3n) is 3.00. The molecular weight excluding hydrogens is 292 g/mol. The molecule has 1 unspecified atom stereocenters. The van der Waals surface area contributed by atoms with Crippen molar-refractivity contribution >= 4 is 27.3 Å². The summed E-state index contributed by atoms with van der Waals surface area (Å²) in [5.41, 5.74) is 8.83. The SMILES string of the molecule is CCOCC(Nc1cc(C)c(N)cc1Br)C(C)C. The maximum absolute atomic E-state index is 5.88. The van der Waals surface area contributed by atoms with Crippen molar-refractivity contribution in [3.63, 3.8) is 0 Å². The van der Waals surface area contributed by atoms with Crippen LogP contribution in [0.4, 0.5) is 11.4 Å². The number of anilines is 2. The largest absolute Gasteiger partial charge is 0.398 e. The number of nitrogens with one attached hydrogen (secondary N) is 1. The molecule has 4 heteroatoms. The lowest BCUT2D eigenvalue weighted by Crippen LogP contribution is -2.31. The highest BCUT2D eigenvalue weighted by atomic mass is 79.9. The zero-order chi connectivity index (χ0) is 13.7. The predicted molar refractivity (Wildman–Crippen MR) is 82.0 cm³/mol. The van der Waals surface area contributed by atoms with E-state index in [1.54, 1.807) is 0 Å². The lowest BCUT2D eigenvalue weighted by Gasteiger charge is -2.24. The van der Waals surface area contributed by atoms with Crippen molar-refractivity contribution in [3.05, 3.63) is 22.2 Å². The molecule has 1 aromatic rings. The fraction of sp³-hybridized carbons (Fsp3) is 0.571. The van der Waals surface area contributed by atoms with Gasteiger partial charge in [-0.3, -0.25) is 0 Å². The second kappa shape index (κ2) is 7.00. The van der Waals surface area contributed by atoms with Gasteiger partial charge in [0.05, 0.1) is 12.6 Å². The highest BCUT2D eigenvalue weighted by Gasteiger charge is 2.15.